The van der Waals surface area contributed by atoms with E-state index in [2.05, 4.69) is 18.6 Å². The third-order valence-corrected chi connectivity index (χ3v) is 5.22. The van der Waals surface area contributed by atoms with Crippen molar-refractivity contribution in [3.05, 3.63) is 29.8 Å². The van der Waals surface area contributed by atoms with Gasteiger partial charge in [0.2, 0.25) is 10.0 Å². The Morgan fingerprint density at radius 2 is 1.85 bits per heavy atom. The third-order valence-electron chi connectivity index (χ3n) is 3.81. The third kappa shape index (κ3) is 3.81. The van der Waals surface area contributed by atoms with Crippen LogP contribution in [0.3, 0.4) is 0 Å². The molecular formula is C15H23NO3S. The van der Waals surface area contributed by atoms with Gasteiger partial charge in [0.15, 0.2) is 0 Å². The molecule has 20 heavy (non-hydrogen) atoms. The summed E-state index contributed by atoms with van der Waals surface area (Å²) in [5.74, 6) is 0.551. The highest BCUT2D eigenvalue weighted by atomic mass is 32.2. The smallest absolute Gasteiger partial charge is 0.240 e. The molecule has 1 aliphatic carbocycles. The molecule has 0 amide bonds. The molecule has 2 N–H and O–H groups in total. The first kappa shape index (κ1) is 15.5. The van der Waals surface area contributed by atoms with Gasteiger partial charge in [0.1, 0.15) is 0 Å². The minimum Gasteiger partial charge on any atom is -0.396 e. The first-order valence-corrected chi connectivity index (χ1v) is 8.55. The Balaban J connectivity index is 2.02. The maximum absolute atomic E-state index is 12.2. The number of hydrogen-bond acceptors (Lipinski definition) is 3. The highest BCUT2D eigenvalue weighted by Crippen LogP contribution is 2.44. The fourth-order valence-corrected chi connectivity index (χ4v) is 3.33. The molecule has 2 rings (SSSR count). The normalized spacial score (nSPS) is 17.4. The van der Waals surface area contributed by atoms with Crippen LogP contribution in [-0.4, -0.2) is 26.7 Å². The van der Waals surface area contributed by atoms with Crippen LogP contribution in [0.4, 0.5) is 0 Å². The van der Waals surface area contributed by atoms with Gasteiger partial charge in [-0.1, -0.05) is 26.0 Å². The number of aliphatic hydroxyl groups excluding tert-OH is 1. The van der Waals surface area contributed by atoms with Crippen LogP contribution in [0.2, 0.25) is 0 Å². The predicted octanol–water partition coefficient (Wildman–Crippen LogP) is 1.94. The standard InChI is InChI=1S/C15H23NO3S/c1-12(2)9-13-3-5-14(6-4-13)20(18,19)16-10-15(11-17)7-8-15/h3-6,12,16-17H,7-11H2,1-2H3. The second kappa shape index (κ2) is 5.84. The summed E-state index contributed by atoms with van der Waals surface area (Å²) < 4.78 is 26.9. The molecule has 0 radical (unpaired) electrons. The molecule has 1 saturated carbocycles. The van der Waals surface area contributed by atoms with Crippen molar-refractivity contribution in [1.29, 1.82) is 0 Å². The highest BCUT2D eigenvalue weighted by molar-refractivity contribution is 7.89. The number of sulfonamides is 1. The zero-order valence-electron chi connectivity index (χ0n) is 12.1. The molecule has 0 aromatic heterocycles. The second-order valence-corrected chi connectivity index (χ2v) is 7.99. The summed E-state index contributed by atoms with van der Waals surface area (Å²) in [5.41, 5.74) is 0.929. The Morgan fingerprint density at radius 1 is 1.25 bits per heavy atom. The average molecular weight is 297 g/mol. The number of rotatable bonds is 7. The molecule has 0 heterocycles. The fraction of sp³-hybridized carbons (Fsp3) is 0.600. The van der Waals surface area contributed by atoms with E-state index in [0.717, 1.165) is 24.8 Å². The molecule has 0 bridgehead atoms. The topological polar surface area (TPSA) is 66.4 Å². The maximum atomic E-state index is 12.2. The minimum atomic E-state index is -3.47. The zero-order chi connectivity index (χ0) is 14.8. The lowest BCUT2D eigenvalue weighted by molar-refractivity contribution is 0.213. The molecule has 0 spiro atoms. The summed E-state index contributed by atoms with van der Waals surface area (Å²) in [5, 5.41) is 9.21. The van der Waals surface area contributed by atoms with Crippen molar-refractivity contribution < 1.29 is 13.5 Å². The lowest BCUT2D eigenvalue weighted by Crippen LogP contribution is -2.31. The van der Waals surface area contributed by atoms with E-state index in [4.69, 9.17) is 0 Å². The summed E-state index contributed by atoms with van der Waals surface area (Å²) in [4.78, 5) is 0.291. The van der Waals surface area contributed by atoms with Gasteiger partial charge in [-0.15, -0.1) is 0 Å². The van der Waals surface area contributed by atoms with Crippen molar-refractivity contribution >= 4 is 10.0 Å². The first-order chi connectivity index (χ1) is 9.37. The van der Waals surface area contributed by atoms with Crippen LogP contribution in [0.1, 0.15) is 32.3 Å². The maximum Gasteiger partial charge on any atom is 0.240 e. The van der Waals surface area contributed by atoms with Crippen molar-refractivity contribution in [3.63, 3.8) is 0 Å². The molecule has 112 valence electrons. The molecule has 1 aromatic carbocycles. The predicted molar refractivity (Wildman–Crippen MR) is 78.9 cm³/mol. The largest absolute Gasteiger partial charge is 0.396 e. The number of benzene rings is 1. The van der Waals surface area contributed by atoms with Crippen molar-refractivity contribution in [2.75, 3.05) is 13.2 Å². The molecule has 0 saturated heterocycles. The van der Waals surface area contributed by atoms with Gasteiger partial charge in [-0.25, -0.2) is 13.1 Å². The van der Waals surface area contributed by atoms with Gasteiger partial charge >= 0.3 is 0 Å². The van der Waals surface area contributed by atoms with Crippen LogP contribution in [0.5, 0.6) is 0 Å². The Kier molecular flexibility index (Phi) is 4.52. The van der Waals surface area contributed by atoms with Crippen LogP contribution in [-0.2, 0) is 16.4 Å². The van der Waals surface area contributed by atoms with Gasteiger partial charge < -0.3 is 5.11 Å². The van der Waals surface area contributed by atoms with Crippen LogP contribution in [0.25, 0.3) is 0 Å². The van der Waals surface area contributed by atoms with E-state index >= 15 is 0 Å². The van der Waals surface area contributed by atoms with Gasteiger partial charge in [-0.05, 0) is 42.9 Å². The van der Waals surface area contributed by atoms with Crippen molar-refractivity contribution in [2.45, 2.75) is 38.0 Å². The summed E-state index contributed by atoms with van der Waals surface area (Å²) in [6, 6.07) is 7.04. The zero-order valence-corrected chi connectivity index (χ0v) is 12.9. The lowest BCUT2D eigenvalue weighted by Gasteiger charge is -2.13. The Labute approximate surface area is 121 Å². The average Bonchev–Trinajstić information content (AvgIpc) is 3.17. The van der Waals surface area contributed by atoms with Crippen LogP contribution in [0, 0.1) is 11.3 Å². The van der Waals surface area contributed by atoms with E-state index < -0.39 is 10.0 Å². The number of nitrogens with one attached hydrogen (secondary N) is 1. The molecule has 5 heteroatoms. The molecule has 0 unspecified atom stereocenters. The Hall–Kier alpha value is -0.910. The van der Waals surface area contributed by atoms with Gasteiger partial charge in [0.25, 0.3) is 0 Å². The van der Waals surface area contributed by atoms with E-state index in [-0.39, 0.29) is 12.0 Å². The van der Waals surface area contributed by atoms with Gasteiger partial charge in [0, 0.05) is 18.6 Å². The molecule has 0 atom stereocenters. The highest BCUT2D eigenvalue weighted by Gasteiger charge is 2.42. The lowest BCUT2D eigenvalue weighted by atomic mass is 10.0. The van der Waals surface area contributed by atoms with Crippen LogP contribution < -0.4 is 4.72 Å². The second-order valence-electron chi connectivity index (χ2n) is 6.22. The Morgan fingerprint density at radius 3 is 2.30 bits per heavy atom. The summed E-state index contributed by atoms with van der Waals surface area (Å²) in [7, 11) is -3.47. The van der Waals surface area contributed by atoms with Crippen LogP contribution in [0.15, 0.2) is 29.2 Å². The molecule has 4 nitrogen and oxygen atoms in total. The molecule has 1 aliphatic rings. The summed E-state index contributed by atoms with van der Waals surface area (Å²) in [6.07, 6.45) is 2.72. The van der Waals surface area contributed by atoms with E-state index in [1.54, 1.807) is 12.1 Å². The molecule has 0 aliphatic heterocycles. The molecule has 1 aromatic rings. The fourth-order valence-electron chi connectivity index (χ4n) is 2.18. The number of hydrogen-bond donors (Lipinski definition) is 2. The van der Waals surface area contributed by atoms with Gasteiger partial charge in [0.05, 0.1) is 4.90 Å². The van der Waals surface area contributed by atoms with Crippen molar-refractivity contribution in [1.82, 2.24) is 4.72 Å². The van der Waals surface area contributed by atoms with E-state index in [0.29, 0.717) is 17.4 Å². The SMILES string of the molecule is CC(C)Cc1ccc(S(=O)(=O)NCC2(CO)CC2)cc1. The van der Waals surface area contributed by atoms with E-state index in [9.17, 15) is 13.5 Å². The van der Waals surface area contributed by atoms with Gasteiger partial charge in [-0.3, -0.25) is 0 Å². The molecule has 1 fully saturated rings. The summed E-state index contributed by atoms with van der Waals surface area (Å²) >= 11 is 0. The van der Waals surface area contributed by atoms with E-state index in [1.165, 1.54) is 0 Å². The van der Waals surface area contributed by atoms with E-state index in [1.807, 2.05) is 12.1 Å². The summed E-state index contributed by atoms with van der Waals surface area (Å²) in [6.45, 7) is 4.63. The number of aliphatic hydroxyl groups is 1. The monoisotopic (exact) mass is 297 g/mol. The van der Waals surface area contributed by atoms with Crippen molar-refractivity contribution in [2.24, 2.45) is 11.3 Å². The minimum absolute atomic E-state index is 0.0445. The van der Waals surface area contributed by atoms with Crippen molar-refractivity contribution in [3.8, 4) is 0 Å². The quantitative estimate of drug-likeness (QED) is 0.808. The van der Waals surface area contributed by atoms with Crippen LogP contribution >= 0.6 is 0 Å². The first-order valence-electron chi connectivity index (χ1n) is 7.06. The van der Waals surface area contributed by atoms with Gasteiger partial charge in [-0.2, -0.15) is 0 Å². The Bertz CT molecular complexity index is 545. The molecular weight excluding hydrogens is 274 g/mol.